The summed E-state index contributed by atoms with van der Waals surface area (Å²) < 4.78 is 6.61. The third kappa shape index (κ3) is 5.62. The van der Waals surface area contributed by atoms with Crippen LogP contribution in [0.15, 0.2) is 70.4 Å². The number of pyridine rings is 1. The van der Waals surface area contributed by atoms with E-state index in [0.717, 1.165) is 10.0 Å². The highest BCUT2D eigenvalue weighted by atomic mass is 79.9. The van der Waals surface area contributed by atoms with Crippen molar-refractivity contribution < 1.29 is 14.5 Å². The maximum Gasteiger partial charge on any atom is 0.274 e. The van der Waals surface area contributed by atoms with E-state index in [0.29, 0.717) is 11.3 Å². The van der Waals surface area contributed by atoms with E-state index in [9.17, 15) is 14.9 Å². The summed E-state index contributed by atoms with van der Waals surface area (Å²) in [4.78, 5) is 26.3. The summed E-state index contributed by atoms with van der Waals surface area (Å²) in [6.07, 6.45) is 2.93. The Morgan fingerprint density at radius 1 is 1.27 bits per heavy atom. The van der Waals surface area contributed by atoms with Gasteiger partial charge in [0.2, 0.25) is 0 Å². The monoisotopic (exact) mass is 488 g/mol. The number of halogens is 2. The number of nitrogens with one attached hydrogen (secondary N) is 1. The minimum Gasteiger partial charge on any atom is -0.488 e. The molecule has 2 aromatic carbocycles. The van der Waals surface area contributed by atoms with E-state index in [1.165, 1.54) is 30.6 Å². The van der Waals surface area contributed by atoms with Crippen molar-refractivity contribution in [2.24, 2.45) is 5.10 Å². The first kappa shape index (κ1) is 21.4. The SMILES string of the molecule is O=C(NN=Cc1cc(Br)ccc1OCc1ccc([N+](=O)[O-])cc1)c1cccnc1Cl. The number of carbonyl (C=O) groups is 1. The lowest BCUT2D eigenvalue weighted by Crippen LogP contribution is -2.18. The molecule has 0 aliphatic heterocycles. The number of nitrogens with zero attached hydrogens (tertiary/aromatic N) is 3. The number of amides is 1. The molecule has 0 aliphatic rings. The van der Waals surface area contributed by atoms with Crippen LogP contribution >= 0.6 is 27.5 Å². The maximum atomic E-state index is 12.2. The summed E-state index contributed by atoms with van der Waals surface area (Å²) in [6, 6.07) is 14.6. The molecule has 0 saturated carbocycles. The van der Waals surface area contributed by atoms with E-state index >= 15 is 0 Å². The van der Waals surface area contributed by atoms with Gasteiger partial charge in [-0.15, -0.1) is 0 Å². The molecule has 0 aliphatic carbocycles. The van der Waals surface area contributed by atoms with E-state index in [2.05, 4.69) is 31.4 Å². The highest BCUT2D eigenvalue weighted by molar-refractivity contribution is 9.10. The van der Waals surface area contributed by atoms with Crippen molar-refractivity contribution in [3.63, 3.8) is 0 Å². The molecule has 0 fully saturated rings. The van der Waals surface area contributed by atoms with Gasteiger partial charge >= 0.3 is 0 Å². The van der Waals surface area contributed by atoms with Gasteiger partial charge in [-0.1, -0.05) is 27.5 Å². The lowest BCUT2D eigenvalue weighted by molar-refractivity contribution is -0.384. The molecule has 1 amide bonds. The van der Waals surface area contributed by atoms with E-state index in [-0.39, 0.29) is 23.0 Å². The zero-order chi connectivity index (χ0) is 21.5. The average Bonchev–Trinajstić information content (AvgIpc) is 2.73. The van der Waals surface area contributed by atoms with E-state index in [4.69, 9.17) is 16.3 Å². The van der Waals surface area contributed by atoms with Gasteiger partial charge in [0.25, 0.3) is 11.6 Å². The van der Waals surface area contributed by atoms with Crippen LogP contribution in [0.3, 0.4) is 0 Å². The van der Waals surface area contributed by atoms with Crippen molar-refractivity contribution in [3.8, 4) is 5.75 Å². The molecule has 152 valence electrons. The van der Waals surface area contributed by atoms with Gasteiger partial charge in [-0.05, 0) is 48.0 Å². The standard InChI is InChI=1S/C20H14BrClN4O4/c21-15-5-8-18(30-12-13-3-6-16(7-4-13)26(28)29)14(10-15)11-24-25-20(27)17-2-1-9-23-19(17)22/h1-11H,12H2,(H,25,27). The van der Waals surface area contributed by atoms with Gasteiger partial charge in [0, 0.05) is 28.4 Å². The van der Waals surface area contributed by atoms with Crippen LogP contribution in [0, 0.1) is 10.1 Å². The summed E-state index contributed by atoms with van der Waals surface area (Å²) in [5, 5.41) is 14.8. The molecule has 0 bridgehead atoms. The normalized spacial score (nSPS) is 10.7. The third-order valence-corrected chi connectivity index (χ3v) is 4.68. The molecule has 1 aromatic heterocycles. The van der Waals surface area contributed by atoms with Gasteiger partial charge in [0.05, 0.1) is 16.7 Å². The van der Waals surface area contributed by atoms with Crippen molar-refractivity contribution >= 4 is 45.3 Å². The fourth-order valence-electron chi connectivity index (χ4n) is 2.40. The lowest BCUT2D eigenvalue weighted by Gasteiger charge is -2.10. The predicted molar refractivity (Wildman–Crippen MR) is 116 cm³/mol. The summed E-state index contributed by atoms with van der Waals surface area (Å²) in [5.41, 5.74) is 4.00. The Morgan fingerprint density at radius 2 is 2.03 bits per heavy atom. The first-order valence-corrected chi connectivity index (χ1v) is 9.71. The number of nitro groups is 1. The maximum absolute atomic E-state index is 12.2. The Balaban J connectivity index is 1.68. The molecule has 0 radical (unpaired) electrons. The lowest BCUT2D eigenvalue weighted by atomic mass is 10.2. The molecule has 3 rings (SSSR count). The van der Waals surface area contributed by atoms with E-state index in [1.807, 2.05) is 0 Å². The molecule has 0 spiro atoms. The minimum absolute atomic E-state index is 0.0136. The summed E-state index contributed by atoms with van der Waals surface area (Å²) in [6.45, 7) is 0.206. The second-order valence-electron chi connectivity index (χ2n) is 5.94. The summed E-state index contributed by atoms with van der Waals surface area (Å²) in [7, 11) is 0. The minimum atomic E-state index is -0.493. The number of hydrogen-bond acceptors (Lipinski definition) is 6. The fraction of sp³-hybridized carbons (Fsp3) is 0.0500. The summed E-state index contributed by atoms with van der Waals surface area (Å²) >= 11 is 9.29. The number of hydrazone groups is 1. The Bertz CT molecular complexity index is 1110. The fourth-order valence-corrected chi connectivity index (χ4v) is 2.99. The average molecular weight is 490 g/mol. The van der Waals surface area contributed by atoms with Gasteiger partial charge in [-0.3, -0.25) is 14.9 Å². The van der Waals surface area contributed by atoms with Crippen molar-refractivity contribution in [3.05, 3.63) is 97.2 Å². The number of carbonyl (C=O) groups excluding carboxylic acids is 1. The van der Waals surface area contributed by atoms with Gasteiger partial charge in [-0.2, -0.15) is 5.10 Å². The van der Waals surface area contributed by atoms with Gasteiger partial charge in [0.15, 0.2) is 0 Å². The summed E-state index contributed by atoms with van der Waals surface area (Å²) in [5.74, 6) is 0.0293. The van der Waals surface area contributed by atoms with Crippen LogP contribution in [-0.2, 0) is 6.61 Å². The van der Waals surface area contributed by atoms with E-state index in [1.54, 1.807) is 36.4 Å². The molecule has 0 saturated heterocycles. The molecule has 3 aromatic rings. The highest BCUT2D eigenvalue weighted by Crippen LogP contribution is 2.23. The number of rotatable bonds is 7. The molecule has 0 unspecified atom stereocenters. The van der Waals surface area contributed by atoms with Crippen LogP contribution in [0.4, 0.5) is 5.69 Å². The van der Waals surface area contributed by atoms with Crippen molar-refractivity contribution in [1.29, 1.82) is 0 Å². The number of ether oxygens (including phenoxy) is 1. The number of nitro benzene ring substituents is 1. The molecule has 1 heterocycles. The van der Waals surface area contributed by atoms with Crippen molar-refractivity contribution in [1.82, 2.24) is 10.4 Å². The second kappa shape index (κ2) is 9.95. The van der Waals surface area contributed by atoms with Gasteiger partial charge in [0.1, 0.15) is 17.5 Å². The zero-order valence-corrected chi connectivity index (χ0v) is 17.6. The molecule has 1 N–H and O–H groups in total. The molecule has 0 atom stereocenters. The Morgan fingerprint density at radius 3 is 2.73 bits per heavy atom. The second-order valence-corrected chi connectivity index (χ2v) is 7.21. The third-order valence-electron chi connectivity index (χ3n) is 3.89. The first-order chi connectivity index (χ1) is 14.4. The molecule has 10 heteroatoms. The molecule has 8 nitrogen and oxygen atoms in total. The smallest absolute Gasteiger partial charge is 0.274 e. The quantitative estimate of drug-likeness (QED) is 0.223. The zero-order valence-electron chi connectivity index (χ0n) is 15.3. The highest BCUT2D eigenvalue weighted by Gasteiger charge is 2.10. The molecular formula is C20H14BrClN4O4. The van der Waals surface area contributed by atoms with Crippen LogP contribution in [0.25, 0.3) is 0 Å². The number of hydrogen-bond donors (Lipinski definition) is 1. The number of aromatic nitrogens is 1. The Hall–Kier alpha value is -3.30. The molecule has 30 heavy (non-hydrogen) atoms. The van der Waals surface area contributed by atoms with Gasteiger partial charge in [-0.25, -0.2) is 10.4 Å². The Kier molecular flexibility index (Phi) is 7.10. The van der Waals surface area contributed by atoms with Crippen molar-refractivity contribution in [2.75, 3.05) is 0 Å². The van der Waals surface area contributed by atoms with Gasteiger partial charge < -0.3 is 4.74 Å². The van der Waals surface area contributed by atoms with Crippen LogP contribution in [-0.4, -0.2) is 22.0 Å². The first-order valence-electron chi connectivity index (χ1n) is 8.53. The topological polar surface area (TPSA) is 107 Å². The van der Waals surface area contributed by atoms with Crippen LogP contribution < -0.4 is 10.2 Å². The van der Waals surface area contributed by atoms with Crippen LogP contribution in [0.1, 0.15) is 21.5 Å². The number of non-ortho nitro benzene ring substituents is 1. The van der Waals surface area contributed by atoms with E-state index < -0.39 is 10.8 Å². The van der Waals surface area contributed by atoms with Crippen molar-refractivity contribution in [2.45, 2.75) is 6.61 Å². The largest absolute Gasteiger partial charge is 0.488 e. The predicted octanol–water partition coefficient (Wildman–Crippen LogP) is 4.75. The number of benzene rings is 2. The Labute approximate surface area is 184 Å². The van der Waals surface area contributed by atoms with Crippen LogP contribution in [0.2, 0.25) is 5.15 Å². The van der Waals surface area contributed by atoms with Crippen LogP contribution in [0.5, 0.6) is 5.75 Å². The molecular weight excluding hydrogens is 476 g/mol.